The van der Waals surface area contributed by atoms with Crippen LogP contribution < -0.4 is 11.1 Å². The zero-order valence-electron chi connectivity index (χ0n) is 10.5. The van der Waals surface area contributed by atoms with E-state index in [1.54, 1.807) is 0 Å². The Kier molecular flexibility index (Phi) is 4.15. The second-order valence-corrected chi connectivity index (χ2v) is 5.07. The van der Waals surface area contributed by atoms with Crippen molar-refractivity contribution in [3.63, 3.8) is 0 Å². The molecule has 0 spiro atoms. The zero-order valence-corrected chi connectivity index (χ0v) is 10.5. The van der Waals surface area contributed by atoms with E-state index >= 15 is 0 Å². The maximum absolute atomic E-state index is 5.53. The molecule has 1 saturated heterocycles. The summed E-state index contributed by atoms with van der Waals surface area (Å²) in [6.45, 7) is 5.54. The van der Waals surface area contributed by atoms with Crippen LogP contribution in [-0.2, 0) is 17.7 Å². The van der Waals surface area contributed by atoms with Crippen LogP contribution in [0.25, 0.3) is 0 Å². The van der Waals surface area contributed by atoms with Crippen LogP contribution >= 0.6 is 0 Å². The third-order valence-corrected chi connectivity index (χ3v) is 3.39. The highest BCUT2D eigenvalue weighted by molar-refractivity contribution is 5.22. The highest BCUT2D eigenvalue weighted by atomic mass is 16.5. The average molecular weight is 234 g/mol. The van der Waals surface area contributed by atoms with Gasteiger partial charge in [-0.3, -0.25) is 0 Å². The van der Waals surface area contributed by atoms with Gasteiger partial charge in [0.15, 0.2) is 0 Å². The van der Waals surface area contributed by atoms with Gasteiger partial charge in [-0.15, -0.1) is 0 Å². The summed E-state index contributed by atoms with van der Waals surface area (Å²) in [5, 5.41) is 3.58. The molecular weight excluding hydrogens is 212 g/mol. The second-order valence-electron chi connectivity index (χ2n) is 5.07. The highest BCUT2D eigenvalue weighted by Crippen LogP contribution is 2.18. The van der Waals surface area contributed by atoms with E-state index in [4.69, 9.17) is 10.5 Å². The van der Waals surface area contributed by atoms with E-state index in [-0.39, 0.29) is 5.54 Å². The fourth-order valence-electron chi connectivity index (χ4n) is 2.11. The third-order valence-electron chi connectivity index (χ3n) is 3.39. The van der Waals surface area contributed by atoms with Gasteiger partial charge < -0.3 is 15.8 Å². The van der Waals surface area contributed by atoms with E-state index in [2.05, 4.69) is 36.5 Å². The van der Waals surface area contributed by atoms with Crippen molar-refractivity contribution in [2.24, 2.45) is 5.73 Å². The fraction of sp³-hybridized carbons (Fsp3) is 0.571. The fourth-order valence-corrected chi connectivity index (χ4v) is 2.11. The first kappa shape index (κ1) is 12.6. The molecule has 1 aliphatic heterocycles. The molecule has 0 saturated carbocycles. The van der Waals surface area contributed by atoms with Gasteiger partial charge in [0.2, 0.25) is 0 Å². The number of nitrogens with one attached hydrogen (secondary N) is 1. The molecule has 3 N–H and O–H groups in total. The van der Waals surface area contributed by atoms with E-state index in [0.717, 1.165) is 32.6 Å². The van der Waals surface area contributed by atoms with Crippen molar-refractivity contribution in [1.82, 2.24) is 5.32 Å². The molecular formula is C14H22N2O. The minimum Gasteiger partial charge on any atom is -0.379 e. The minimum absolute atomic E-state index is 0.149. The minimum atomic E-state index is 0.149. The highest BCUT2D eigenvalue weighted by Gasteiger charge is 2.28. The summed E-state index contributed by atoms with van der Waals surface area (Å²) in [5.74, 6) is 0. The van der Waals surface area contributed by atoms with Gasteiger partial charge >= 0.3 is 0 Å². The van der Waals surface area contributed by atoms with E-state index in [1.807, 2.05) is 0 Å². The van der Waals surface area contributed by atoms with Gasteiger partial charge in [0.05, 0.1) is 6.61 Å². The van der Waals surface area contributed by atoms with Gasteiger partial charge in [-0.1, -0.05) is 24.3 Å². The average Bonchev–Trinajstić information content (AvgIpc) is 2.76. The largest absolute Gasteiger partial charge is 0.379 e. The van der Waals surface area contributed by atoms with Gasteiger partial charge in [0.1, 0.15) is 0 Å². The lowest BCUT2D eigenvalue weighted by molar-refractivity contribution is 0.171. The van der Waals surface area contributed by atoms with Crippen molar-refractivity contribution in [2.75, 3.05) is 19.8 Å². The van der Waals surface area contributed by atoms with Crippen LogP contribution in [0.4, 0.5) is 0 Å². The second kappa shape index (κ2) is 5.63. The lowest BCUT2D eigenvalue weighted by atomic mass is 10.0. The van der Waals surface area contributed by atoms with Crippen LogP contribution in [0.15, 0.2) is 24.3 Å². The monoisotopic (exact) mass is 234 g/mol. The third kappa shape index (κ3) is 3.53. The maximum atomic E-state index is 5.53. The summed E-state index contributed by atoms with van der Waals surface area (Å²) in [6.07, 6.45) is 2.05. The summed E-state index contributed by atoms with van der Waals surface area (Å²) in [4.78, 5) is 0. The summed E-state index contributed by atoms with van der Waals surface area (Å²) < 4.78 is 5.42. The van der Waals surface area contributed by atoms with Crippen LogP contribution in [0, 0.1) is 0 Å². The number of nitrogens with two attached hydrogens (primary N) is 1. The maximum Gasteiger partial charge on any atom is 0.0646 e. The first-order valence-electron chi connectivity index (χ1n) is 6.32. The first-order chi connectivity index (χ1) is 8.22. The Bertz CT molecular complexity index is 342. The van der Waals surface area contributed by atoms with Crippen LogP contribution in [0.1, 0.15) is 24.5 Å². The molecule has 1 heterocycles. The van der Waals surface area contributed by atoms with Crippen LogP contribution in [0.3, 0.4) is 0 Å². The SMILES string of the molecule is CC1(NCc2ccc(CCN)cc2)CCOC1. The molecule has 1 aromatic rings. The van der Waals surface area contributed by atoms with Crippen molar-refractivity contribution in [3.05, 3.63) is 35.4 Å². The van der Waals surface area contributed by atoms with Gasteiger partial charge in [-0.05, 0) is 37.4 Å². The molecule has 3 heteroatoms. The summed E-state index contributed by atoms with van der Waals surface area (Å²) in [5.41, 5.74) is 8.31. The molecule has 1 atom stereocenters. The van der Waals surface area contributed by atoms with E-state index in [1.165, 1.54) is 11.1 Å². The predicted molar refractivity (Wildman–Crippen MR) is 69.9 cm³/mol. The topological polar surface area (TPSA) is 47.3 Å². The van der Waals surface area contributed by atoms with Crippen molar-refractivity contribution >= 4 is 0 Å². The van der Waals surface area contributed by atoms with Crippen molar-refractivity contribution < 1.29 is 4.74 Å². The molecule has 0 aliphatic carbocycles. The van der Waals surface area contributed by atoms with Gasteiger partial charge in [-0.25, -0.2) is 0 Å². The molecule has 1 unspecified atom stereocenters. The van der Waals surface area contributed by atoms with Crippen LogP contribution in [0.5, 0.6) is 0 Å². The molecule has 94 valence electrons. The lowest BCUT2D eigenvalue weighted by Crippen LogP contribution is -2.42. The molecule has 2 rings (SSSR count). The lowest BCUT2D eigenvalue weighted by Gasteiger charge is -2.23. The Hall–Kier alpha value is -0.900. The van der Waals surface area contributed by atoms with E-state index in [9.17, 15) is 0 Å². The van der Waals surface area contributed by atoms with Crippen molar-refractivity contribution in [1.29, 1.82) is 0 Å². The van der Waals surface area contributed by atoms with Crippen molar-refractivity contribution in [2.45, 2.75) is 31.8 Å². The number of benzene rings is 1. The Balaban J connectivity index is 1.86. The smallest absolute Gasteiger partial charge is 0.0646 e. The predicted octanol–water partition coefficient (Wildman–Crippen LogP) is 1.46. The molecule has 0 amide bonds. The Morgan fingerprint density at radius 3 is 2.59 bits per heavy atom. The molecule has 1 fully saturated rings. The number of hydrogen-bond donors (Lipinski definition) is 2. The quantitative estimate of drug-likeness (QED) is 0.811. The van der Waals surface area contributed by atoms with Gasteiger partial charge in [-0.2, -0.15) is 0 Å². The Morgan fingerprint density at radius 1 is 1.29 bits per heavy atom. The number of ether oxygens (including phenoxy) is 1. The molecule has 0 aromatic heterocycles. The Morgan fingerprint density at radius 2 is 2.00 bits per heavy atom. The first-order valence-corrected chi connectivity index (χ1v) is 6.32. The zero-order chi connectivity index (χ0) is 12.1. The number of rotatable bonds is 5. The number of hydrogen-bond acceptors (Lipinski definition) is 3. The standard InChI is InChI=1S/C14H22N2O/c1-14(7-9-17-11-14)16-10-13-4-2-12(3-5-13)6-8-15/h2-5,16H,6-11,15H2,1H3. The normalized spacial score (nSPS) is 24.1. The van der Waals surface area contributed by atoms with Gasteiger partial charge in [0.25, 0.3) is 0 Å². The molecule has 0 bridgehead atoms. The van der Waals surface area contributed by atoms with Crippen LogP contribution in [-0.4, -0.2) is 25.3 Å². The molecule has 17 heavy (non-hydrogen) atoms. The van der Waals surface area contributed by atoms with Gasteiger partial charge in [0, 0.05) is 18.7 Å². The van der Waals surface area contributed by atoms with E-state index in [0.29, 0.717) is 6.54 Å². The summed E-state index contributed by atoms with van der Waals surface area (Å²) in [6, 6.07) is 8.68. The Labute approximate surface area is 103 Å². The molecule has 1 aromatic carbocycles. The summed E-state index contributed by atoms with van der Waals surface area (Å²) >= 11 is 0. The van der Waals surface area contributed by atoms with Crippen LogP contribution in [0.2, 0.25) is 0 Å². The van der Waals surface area contributed by atoms with Crippen molar-refractivity contribution in [3.8, 4) is 0 Å². The molecule has 1 aliphatic rings. The van der Waals surface area contributed by atoms with E-state index < -0.39 is 0 Å². The summed E-state index contributed by atoms with van der Waals surface area (Å²) in [7, 11) is 0. The molecule has 0 radical (unpaired) electrons. The molecule has 3 nitrogen and oxygen atoms in total.